The van der Waals surface area contributed by atoms with Crippen LogP contribution in [-0.2, 0) is 9.47 Å². The lowest BCUT2D eigenvalue weighted by Gasteiger charge is -2.06. The largest absolute Gasteiger partial charge is 0.386 e. The van der Waals surface area contributed by atoms with Gasteiger partial charge in [-0.2, -0.15) is 0 Å². The second-order valence-electron chi connectivity index (χ2n) is 2.50. The van der Waals surface area contributed by atoms with Gasteiger partial charge in [-0.25, -0.2) is 0 Å². The quantitative estimate of drug-likeness (QED) is 0.335. The van der Waals surface area contributed by atoms with E-state index >= 15 is 0 Å². The Kier molecular flexibility index (Phi) is 5.78. The van der Waals surface area contributed by atoms with Crippen LogP contribution in [-0.4, -0.2) is 31.8 Å². The molecule has 0 fully saturated rings. The molecule has 4 nitrogen and oxygen atoms in total. The lowest BCUT2D eigenvalue weighted by molar-refractivity contribution is 0.0289. The molecule has 4 heteroatoms. The fourth-order valence-corrected chi connectivity index (χ4v) is 0.525. The first-order valence-corrected chi connectivity index (χ1v) is 3.65. The monoisotopic (exact) mass is 160 g/mol. The second-order valence-corrected chi connectivity index (χ2v) is 2.50. The zero-order chi connectivity index (χ0) is 8.69. The first-order chi connectivity index (χ1) is 5.13. The van der Waals surface area contributed by atoms with Crippen molar-refractivity contribution in [2.75, 3.05) is 19.8 Å². The van der Waals surface area contributed by atoms with Crippen molar-refractivity contribution < 1.29 is 9.47 Å². The van der Waals surface area contributed by atoms with E-state index in [0.717, 1.165) is 0 Å². The standard InChI is InChI=1S/C7H16N2O2/c1-6(2)11-4-3-10-5-7(8)9/h6H,3-5H2,1-2H3,(H3,8,9). The molecule has 11 heavy (non-hydrogen) atoms. The van der Waals surface area contributed by atoms with Gasteiger partial charge in [-0.1, -0.05) is 0 Å². The predicted molar refractivity (Wildman–Crippen MR) is 43.8 cm³/mol. The molecule has 0 aromatic carbocycles. The van der Waals surface area contributed by atoms with Crippen LogP contribution in [0.2, 0.25) is 0 Å². The maximum absolute atomic E-state index is 6.83. The van der Waals surface area contributed by atoms with E-state index in [0.29, 0.717) is 13.2 Å². The summed E-state index contributed by atoms with van der Waals surface area (Å²) in [5.41, 5.74) is 5.05. The second kappa shape index (κ2) is 6.12. The van der Waals surface area contributed by atoms with Gasteiger partial charge in [0.2, 0.25) is 0 Å². The summed E-state index contributed by atoms with van der Waals surface area (Å²) in [5, 5.41) is 6.83. The van der Waals surface area contributed by atoms with Crippen molar-refractivity contribution in [1.29, 1.82) is 5.41 Å². The first kappa shape index (κ1) is 10.4. The van der Waals surface area contributed by atoms with Gasteiger partial charge in [-0.3, -0.25) is 5.41 Å². The van der Waals surface area contributed by atoms with Crippen LogP contribution in [0.4, 0.5) is 0 Å². The lowest BCUT2D eigenvalue weighted by atomic mass is 10.5. The van der Waals surface area contributed by atoms with E-state index in [1.807, 2.05) is 13.8 Å². The SMILES string of the molecule is CC(C)OCCOCC(=N)N. The summed E-state index contributed by atoms with van der Waals surface area (Å²) in [6.07, 6.45) is 0.232. The Bertz CT molecular complexity index is 115. The van der Waals surface area contributed by atoms with Crippen LogP contribution in [0.15, 0.2) is 0 Å². The van der Waals surface area contributed by atoms with Crippen LogP contribution in [0, 0.1) is 5.41 Å². The van der Waals surface area contributed by atoms with E-state index in [9.17, 15) is 0 Å². The van der Waals surface area contributed by atoms with Crippen molar-refractivity contribution in [2.24, 2.45) is 5.73 Å². The molecule has 0 radical (unpaired) electrons. The summed E-state index contributed by atoms with van der Waals surface area (Å²) in [7, 11) is 0. The molecule has 0 aromatic heterocycles. The molecule has 0 aliphatic carbocycles. The highest BCUT2D eigenvalue weighted by molar-refractivity contribution is 5.78. The highest BCUT2D eigenvalue weighted by Gasteiger charge is 1.93. The van der Waals surface area contributed by atoms with Crippen LogP contribution in [0.1, 0.15) is 13.8 Å². The Morgan fingerprint density at radius 1 is 1.45 bits per heavy atom. The minimum Gasteiger partial charge on any atom is -0.386 e. The minimum absolute atomic E-state index is 0.0505. The van der Waals surface area contributed by atoms with Crippen LogP contribution in [0.5, 0.6) is 0 Å². The highest BCUT2D eigenvalue weighted by atomic mass is 16.5. The van der Waals surface area contributed by atoms with Gasteiger partial charge in [0.25, 0.3) is 0 Å². The molecule has 0 spiro atoms. The predicted octanol–water partition coefficient (Wildman–Crippen LogP) is 0.364. The number of nitrogens with two attached hydrogens (primary N) is 1. The van der Waals surface area contributed by atoms with Crippen LogP contribution in [0.3, 0.4) is 0 Å². The zero-order valence-electron chi connectivity index (χ0n) is 7.09. The van der Waals surface area contributed by atoms with Gasteiger partial charge in [0, 0.05) is 0 Å². The summed E-state index contributed by atoms with van der Waals surface area (Å²) >= 11 is 0. The Morgan fingerprint density at radius 2 is 2.09 bits per heavy atom. The number of amidine groups is 1. The molecular formula is C7H16N2O2. The average molecular weight is 160 g/mol. The fraction of sp³-hybridized carbons (Fsp3) is 0.857. The smallest absolute Gasteiger partial charge is 0.117 e. The Morgan fingerprint density at radius 3 is 2.55 bits per heavy atom. The molecule has 0 unspecified atom stereocenters. The van der Waals surface area contributed by atoms with E-state index < -0.39 is 0 Å². The van der Waals surface area contributed by atoms with E-state index in [4.69, 9.17) is 20.6 Å². The molecule has 0 aromatic rings. The Hall–Kier alpha value is -0.610. The molecule has 0 amide bonds. The van der Waals surface area contributed by atoms with Gasteiger partial charge in [-0.15, -0.1) is 0 Å². The molecule has 0 saturated carbocycles. The molecule has 0 heterocycles. The molecular weight excluding hydrogens is 144 g/mol. The van der Waals surface area contributed by atoms with E-state index in [2.05, 4.69) is 0 Å². The topological polar surface area (TPSA) is 68.3 Å². The average Bonchev–Trinajstić information content (AvgIpc) is 1.85. The fourth-order valence-electron chi connectivity index (χ4n) is 0.525. The Balaban J connectivity index is 2.97. The summed E-state index contributed by atoms with van der Waals surface area (Å²) in [6.45, 7) is 5.18. The van der Waals surface area contributed by atoms with Crippen LogP contribution in [0.25, 0.3) is 0 Å². The van der Waals surface area contributed by atoms with Crippen molar-refractivity contribution in [1.82, 2.24) is 0 Å². The number of nitrogens with one attached hydrogen (secondary N) is 1. The van der Waals surface area contributed by atoms with Crippen molar-refractivity contribution in [2.45, 2.75) is 20.0 Å². The Labute approximate surface area is 67.2 Å². The normalized spacial score (nSPS) is 10.5. The van der Waals surface area contributed by atoms with Crippen molar-refractivity contribution >= 4 is 5.84 Å². The number of ether oxygens (including phenoxy) is 2. The third kappa shape index (κ3) is 9.39. The van der Waals surface area contributed by atoms with Crippen LogP contribution >= 0.6 is 0 Å². The lowest BCUT2D eigenvalue weighted by Crippen LogP contribution is -2.19. The highest BCUT2D eigenvalue weighted by Crippen LogP contribution is 1.86. The third-order valence-electron chi connectivity index (χ3n) is 0.936. The molecule has 0 saturated heterocycles. The number of hydrogen-bond donors (Lipinski definition) is 2. The first-order valence-electron chi connectivity index (χ1n) is 3.65. The summed E-state index contributed by atoms with van der Waals surface area (Å²) in [5.74, 6) is 0.0505. The maximum Gasteiger partial charge on any atom is 0.117 e. The van der Waals surface area contributed by atoms with Gasteiger partial charge in [0.15, 0.2) is 0 Å². The molecule has 3 N–H and O–H groups in total. The zero-order valence-corrected chi connectivity index (χ0v) is 7.09. The number of rotatable bonds is 6. The molecule has 0 rings (SSSR count). The minimum atomic E-state index is 0.0505. The van der Waals surface area contributed by atoms with Crippen molar-refractivity contribution in [3.63, 3.8) is 0 Å². The van der Waals surface area contributed by atoms with Gasteiger partial charge in [0.1, 0.15) is 12.4 Å². The van der Waals surface area contributed by atoms with Gasteiger partial charge in [-0.05, 0) is 13.8 Å². The number of hydrogen-bond acceptors (Lipinski definition) is 3. The summed E-state index contributed by atoms with van der Waals surface area (Å²) in [4.78, 5) is 0. The van der Waals surface area contributed by atoms with E-state index in [-0.39, 0.29) is 18.5 Å². The molecule has 66 valence electrons. The van der Waals surface area contributed by atoms with E-state index in [1.54, 1.807) is 0 Å². The molecule has 0 aliphatic heterocycles. The van der Waals surface area contributed by atoms with Crippen LogP contribution < -0.4 is 5.73 Å². The van der Waals surface area contributed by atoms with Gasteiger partial charge < -0.3 is 15.2 Å². The van der Waals surface area contributed by atoms with E-state index in [1.165, 1.54) is 0 Å². The van der Waals surface area contributed by atoms with Crippen molar-refractivity contribution in [3.05, 3.63) is 0 Å². The summed E-state index contributed by atoms with van der Waals surface area (Å²) in [6, 6.07) is 0. The molecule has 0 atom stereocenters. The molecule has 0 aliphatic rings. The maximum atomic E-state index is 6.83. The van der Waals surface area contributed by atoms with Gasteiger partial charge in [0.05, 0.1) is 19.3 Å². The third-order valence-corrected chi connectivity index (χ3v) is 0.936. The van der Waals surface area contributed by atoms with Crippen molar-refractivity contribution in [3.8, 4) is 0 Å². The van der Waals surface area contributed by atoms with Gasteiger partial charge >= 0.3 is 0 Å². The summed E-state index contributed by atoms with van der Waals surface area (Å²) < 4.78 is 10.2. The molecule has 0 bridgehead atoms.